The number of amides is 1. The lowest BCUT2D eigenvalue weighted by molar-refractivity contribution is 0.0882. The first-order chi connectivity index (χ1) is 11.2. The molecule has 0 fully saturated rings. The van der Waals surface area contributed by atoms with Crippen LogP contribution in [0.15, 0.2) is 46.9 Å². The van der Waals surface area contributed by atoms with E-state index in [9.17, 15) is 4.79 Å². The van der Waals surface area contributed by atoms with Crippen LogP contribution in [0.3, 0.4) is 0 Å². The molecular formula is C19H25NO3. The zero-order valence-corrected chi connectivity index (χ0v) is 14.0. The molecule has 1 aromatic heterocycles. The number of furan rings is 1. The summed E-state index contributed by atoms with van der Waals surface area (Å²) in [6, 6.07) is 13.5. The van der Waals surface area contributed by atoms with Crippen molar-refractivity contribution in [1.29, 1.82) is 0 Å². The molecule has 1 atom stereocenters. The largest absolute Gasteiger partial charge is 0.453 e. The van der Waals surface area contributed by atoms with E-state index < -0.39 is 0 Å². The van der Waals surface area contributed by atoms with E-state index in [1.165, 1.54) is 0 Å². The molecule has 0 saturated carbocycles. The number of hydrogen-bond acceptors (Lipinski definition) is 3. The second kappa shape index (κ2) is 8.53. The maximum Gasteiger partial charge on any atom is 0.287 e. The van der Waals surface area contributed by atoms with Crippen molar-refractivity contribution in [3.05, 3.63) is 59.5 Å². The summed E-state index contributed by atoms with van der Waals surface area (Å²) in [5.74, 6) is 1.17. The van der Waals surface area contributed by atoms with Crippen LogP contribution in [0.1, 0.15) is 54.6 Å². The molecule has 2 aromatic rings. The van der Waals surface area contributed by atoms with Gasteiger partial charge in [-0.2, -0.15) is 0 Å². The highest BCUT2D eigenvalue weighted by molar-refractivity contribution is 5.91. The third-order valence-corrected chi connectivity index (χ3v) is 4.14. The Bertz CT molecular complexity index is 602. The number of methoxy groups -OCH3 is 1. The first-order valence-corrected chi connectivity index (χ1v) is 8.13. The molecule has 0 radical (unpaired) electrons. The average Bonchev–Trinajstić information content (AvgIpc) is 3.05. The highest BCUT2D eigenvalue weighted by Crippen LogP contribution is 2.27. The van der Waals surface area contributed by atoms with Gasteiger partial charge in [0, 0.05) is 7.11 Å². The van der Waals surface area contributed by atoms with E-state index in [1.54, 1.807) is 19.2 Å². The van der Waals surface area contributed by atoms with Crippen LogP contribution in [0.4, 0.5) is 0 Å². The van der Waals surface area contributed by atoms with Crippen LogP contribution in [0, 0.1) is 5.92 Å². The Labute approximate surface area is 137 Å². The molecule has 0 aliphatic heterocycles. The fourth-order valence-corrected chi connectivity index (χ4v) is 2.83. The normalized spacial score (nSPS) is 12.3. The van der Waals surface area contributed by atoms with Crippen LogP contribution in [0.5, 0.6) is 0 Å². The van der Waals surface area contributed by atoms with Crippen molar-refractivity contribution in [1.82, 2.24) is 5.32 Å². The first kappa shape index (κ1) is 17.3. The van der Waals surface area contributed by atoms with Crippen molar-refractivity contribution in [2.24, 2.45) is 5.92 Å². The third kappa shape index (κ3) is 4.45. The SMILES string of the molecule is CCC(CC)C(NC(=O)c1ccc(COC)o1)c1ccccc1. The second-order valence-corrected chi connectivity index (χ2v) is 5.64. The zero-order valence-electron chi connectivity index (χ0n) is 14.0. The van der Waals surface area contributed by atoms with Gasteiger partial charge in [0.1, 0.15) is 12.4 Å². The van der Waals surface area contributed by atoms with Crippen molar-refractivity contribution >= 4 is 5.91 Å². The van der Waals surface area contributed by atoms with Gasteiger partial charge in [0.05, 0.1) is 6.04 Å². The van der Waals surface area contributed by atoms with Crippen molar-refractivity contribution in [3.63, 3.8) is 0 Å². The van der Waals surface area contributed by atoms with E-state index in [-0.39, 0.29) is 11.9 Å². The van der Waals surface area contributed by atoms with Crippen molar-refractivity contribution in [2.75, 3.05) is 7.11 Å². The summed E-state index contributed by atoms with van der Waals surface area (Å²) >= 11 is 0. The lowest BCUT2D eigenvalue weighted by atomic mass is 9.88. The predicted octanol–water partition coefficient (Wildman–Crippen LogP) is 4.33. The molecule has 0 aliphatic rings. The molecule has 23 heavy (non-hydrogen) atoms. The molecule has 1 aromatic carbocycles. The van der Waals surface area contributed by atoms with E-state index in [0.29, 0.717) is 24.0 Å². The van der Waals surface area contributed by atoms with Crippen LogP contribution in [-0.4, -0.2) is 13.0 Å². The maximum atomic E-state index is 12.5. The van der Waals surface area contributed by atoms with E-state index in [2.05, 4.69) is 31.3 Å². The fraction of sp³-hybridized carbons (Fsp3) is 0.421. The molecule has 0 spiro atoms. The molecule has 0 saturated heterocycles. The van der Waals surface area contributed by atoms with E-state index in [4.69, 9.17) is 9.15 Å². The topological polar surface area (TPSA) is 51.5 Å². The number of carbonyl (C=O) groups is 1. The Morgan fingerprint density at radius 1 is 1.13 bits per heavy atom. The highest BCUT2D eigenvalue weighted by atomic mass is 16.5. The Morgan fingerprint density at radius 2 is 1.83 bits per heavy atom. The highest BCUT2D eigenvalue weighted by Gasteiger charge is 2.24. The summed E-state index contributed by atoms with van der Waals surface area (Å²) in [7, 11) is 1.60. The van der Waals surface area contributed by atoms with Crippen molar-refractivity contribution in [2.45, 2.75) is 39.3 Å². The predicted molar refractivity (Wildman–Crippen MR) is 90.1 cm³/mol. The number of benzene rings is 1. The van der Waals surface area contributed by atoms with E-state index in [1.807, 2.05) is 18.2 Å². The van der Waals surface area contributed by atoms with Gasteiger partial charge in [-0.1, -0.05) is 57.0 Å². The van der Waals surface area contributed by atoms with Gasteiger partial charge in [0.25, 0.3) is 5.91 Å². The van der Waals surface area contributed by atoms with Gasteiger partial charge in [-0.05, 0) is 23.6 Å². The molecule has 124 valence electrons. The van der Waals surface area contributed by atoms with E-state index >= 15 is 0 Å². The van der Waals surface area contributed by atoms with Gasteiger partial charge in [-0.3, -0.25) is 4.79 Å². The number of ether oxygens (including phenoxy) is 1. The Balaban J connectivity index is 2.17. The third-order valence-electron chi connectivity index (χ3n) is 4.14. The minimum atomic E-state index is -0.187. The number of nitrogens with one attached hydrogen (secondary N) is 1. The minimum absolute atomic E-state index is 0.0188. The molecule has 1 N–H and O–H groups in total. The first-order valence-electron chi connectivity index (χ1n) is 8.13. The van der Waals surface area contributed by atoms with Gasteiger partial charge < -0.3 is 14.5 Å². The molecule has 0 aliphatic carbocycles. The zero-order chi connectivity index (χ0) is 16.7. The van der Waals surface area contributed by atoms with Crippen LogP contribution in [-0.2, 0) is 11.3 Å². The summed E-state index contributed by atoms with van der Waals surface area (Å²) in [5, 5.41) is 3.13. The van der Waals surface area contributed by atoms with Gasteiger partial charge in [-0.25, -0.2) is 0 Å². The average molecular weight is 315 g/mol. The number of rotatable bonds is 8. The lowest BCUT2D eigenvalue weighted by Gasteiger charge is -2.26. The number of carbonyl (C=O) groups excluding carboxylic acids is 1. The van der Waals surface area contributed by atoms with Crippen molar-refractivity contribution < 1.29 is 13.9 Å². The smallest absolute Gasteiger partial charge is 0.287 e. The van der Waals surface area contributed by atoms with Gasteiger partial charge in [0.15, 0.2) is 5.76 Å². The summed E-state index contributed by atoms with van der Waals surface area (Å²) in [6.45, 7) is 4.67. The Hall–Kier alpha value is -2.07. The minimum Gasteiger partial charge on any atom is -0.453 e. The monoisotopic (exact) mass is 315 g/mol. The molecule has 0 bridgehead atoms. The van der Waals surface area contributed by atoms with E-state index in [0.717, 1.165) is 18.4 Å². The van der Waals surface area contributed by atoms with Crippen molar-refractivity contribution in [3.8, 4) is 0 Å². The summed E-state index contributed by atoms with van der Waals surface area (Å²) in [4.78, 5) is 12.5. The Kier molecular flexibility index (Phi) is 6.41. The van der Waals surface area contributed by atoms with Gasteiger partial charge >= 0.3 is 0 Å². The molecular weight excluding hydrogens is 290 g/mol. The quantitative estimate of drug-likeness (QED) is 0.788. The maximum absolute atomic E-state index is 12.5. The standard InChI is InChI=1S/C19H25NO3/c1-4-14(5-2)18(15-9-7-6-8-10-15)20-19(21)17-12-11-16(23-17)13-22-3/h6-12,14,18H,4-5,13H2,1-3H3,(H,20,21). The van der Waals surface area contributed by atoms with Crippen LogP contribution in [0.25, 0.3) is 0 Å². The fourth-order valence-electron chi connectivity index (χ4n) is 2.83. The second-order valence-electron chi connectivity index (χ2n) is 5.64. The molecule has 1 unspecified atom stereocenters. The molecule has 2 rings (SSSR count). The lowest BCUT2D eigenvalue weighted by Crippen LogP contribution is -2.33. The summed E-state index contributed by atoms with van der Waals surface area (Å²) in [6.07, 6.45) is 2.01. The van der Waals surface area contributed by atoms with Gasteiger partial charge in [-0.15, -0.1) is 0 Å². The molecule has 1 heterocycles. The van der Waals surface area contributed by atoms with Crippen LogP contribution >= 0.6 is 0 Å². The summed E-state index contributed by atoms with van der Waals surface area (Å²) < 4.78 is 10.6. The molecule has 4 nitrogen and oxygen atoms in total. The number of hydrogen-bond donors (Lipinski definition) is 1. The van der Waals surface area contributed by atoms with Crippen LogP contribution < -0.4 is 5.32 Å². The molecule has 4 heteroatoms. The summed E-state index contributed by atoms with van der Waals surface area (Å²) in [5.41, 5.74) is 1.12. The van der Waals surface area contributed by atoms with Gasteiger partial charge in [0.2, 0.25) is 0 Å². The van der Waals surface area contributed by atoms with Crippen LogP contribution in [0.2, 0.25) is 0 Å². The Morgan fingerprint density at radius 3 is 2.43 bits per heavy atom. The molecule has 1 amide bonds.